The maximum atomic E-state index is 12.0. The lowest BCUT2D eigenvalue weighted by Crippen LogP contribution is -2.44. The first-order chi connectivity index (χ1) is 8.82. The van der Waals surface area contributed by atoms with Crippen molar-refractivity contribution in [3.05, 3.63) is 35.4 Å². The molecule has 0 aliphatic heterocycles. The molecule has 0 bridgehead atoms. The number of rotatable bonds is 5. The van der Waals surface area contributed by atoms with Crippen LogP contribution in [-0.2, 0) is 11.2 Å². The smallest absolute Gasteiger partial charge is 0.224 e. The molecule has 3 heteroatoms. The van der Waals surface area contributed by atoms with Gasteiger partial charge in [-0.25, -0.2) is 0 Å². The average Bonchev–Trinajstić information content (AvgIpc) is 2.30. The first-order valence-corrected chi connectivity index (χ1v) is 6.78. The molecule has 0 unspecified atom stereocenters. The van der Waals surface area contributed by atoms with E-state index in [0.29, 0.717) is 12.8 Å². The Balaban J connectivity index is 2.60. The Labute approximate surface area is 116 Å². The minimum Gasteiger partial charge on any atom is -0.396 e. The van der Waals surface area contributed by atoms with Gasteiger partial charge in [-0.15, -0.1) is 0 Å². The van der Waals surface area contributed by atoms with Crippen molar-refractivity contribution in [1.29, 1.82) is 0 Å². The van der Waals surface area contributed by atoms with Gasteiger partial charge < -0.3 is 10.4 Å². The lowest BCUT2D eigenvalue weighted by molar-refractivity contribution is -0.122. The first-order valence-electron chi connectivity index (χ1n) is 6.78. The molecule has 0 aromatic heterocycles. The zero-order valence-electron chi connectivity index (χ0n) is 12.4. The summed E-state index contributed by atoms with van der Waals surface area (Å²) in [6, 6.07) is 7.98. The van der Waals surface area contributed by atoms with E-state index in [-0.39, 0.29) is 24.0 Å². The summed E-state index contributed by atoms with van der Waals surface area (Å²) in [6.45, 7) is 8.33. The van der Waals surface area contributed by atoms with Crippen molar-refractivity contribution in [2.24, 2.45) is 5.41 Å². The SMILES string of the molecule is Cc1ccc(CC(=O)N[C@H](CCO)C(C)(C)C)cc1. The first kappa shape index (κ1) is 15.7. The number of aryl methyl sites for hydroxylation is 1. The van der Waals surface area contributed by atoms with Crippen LogP contribution in [0.1, 0.15) is 38.3 Å². The highest BCUT2D eigenvalue weighted by Gasteiger charge is 2.25. The highest BCUT2D eigenvalue weighted by atomic mass is 16.3. The van der Waals surface area contributed by atoms with Crippen molar-refractivity contribution in [1.82, 2.24) is 5.32 Å². The predicted molar refractivity (Wildman–Crippen MR) is 78.0 cm³/mol. The van der Waals surface area contributed by atoms with Gasteiger partial charge in [-0.2, -0.15) is 0 Å². The zero-order chi connectivity index (χ0) is 14.5. The summed E-state index contributed by atoms with van der Waals surface area (Å²) in [5, 5.41) is 12.1. The second-order valence-corrected chi connectivity index (χ2v) is 6.16. The Bertz CT molecular complexity index is 404. The van der Waals surface area contributed by atoms with E-state index >= 15 is 0 Å². The molecular formula is C16H25NO2. The molecule has 3 nitrogen and oxygen atoms in total. The van der Waals surface area contributed by atoms with Gasteiger partial charge in [-0.1, -0.05) is 50.6 Å². The second kappa shape index (κ2) is 6.71. The molecule has 1 aromatic carbocycles. The van der Waals surface area contributed by atoms with Gasteiger partial charge in [0.25, 0.3) is 0 Å². The van der Waals surface area contributed by atoms with Gasteiger partial charge in [0, 0.05) is 12.6 Å². The van der Waals surface area contributed by atoms with E-state index in [9.17, 15) is 4.79 Å². The molecule has 0 aliphatic rings. The van der Waals surface area contributed by atoms with Crippen LogP contribution in [-0.4, -0.2) is 23.7 Å². The standard InChI is InChI=1S/C16H25NO2/c1-12-5-7-13(8-6-12)11-15(19)17-14(9-10-18)16(2,3)4/h5-8,14,18H,9-11H2,1-4H3,(H,17,19)/t14-/m1/s1. The van der Waals surface area contributed by atoms with Crippen molar-refractivity contribution in [2.45, 2.75) is 46.6 Å². The quantitative estimate of drug-likeness (QED) is 0.857. The molecule has 2 N–H and O–H groups in total. The summed E-state index contributed by atoms with van der Waals surface area (Å²) in [5.74, 6) is 0.0113. The van der Waals surface area contributed by atoms with Gasteiger partial charge >= 0.3 is 0 Å². The van der Waals surface area contributed by atoms with Gasteiger partial charge in [0.2, 0.25) is 5.91 Å². The number of carbonyl (C=O) groups excluding carboxylic acids is 1. The molecule has 0 spiro atoms. The van der Waals surface area contributed by atoms with Crippen molar-refractivity contribution in [3.63, 3.8) is 0 Å². The fourth-order valence-electron chi connectivity index (χ4n) is 1.99. The fraction of sp³-hybridized carbons (Fsp3) is 0.562. The minimum atomic E-state index is -0.0499. The van der Waals surface area contributed by atoms with Crippen LogP contribution in [0.4, 0.5) is 0 Å². The maximum Gasteiger partial charge on any atom is 0.224 e. The summed E-state index contributed by atoms with van der Waals surface area (Å²) in [7, 11) is 0. The predicted octanol–water partition coefficient (Wildman–Crippen LogP) is 2.45. The number of carbonyl (C=O) groups is 1. The summed E-state index contributed by atoms with van der Waals surface area (Å²) in [5.41, 5.74) is 2.16. The van der Waals surface area contributed by atoms with Crippen LogP contribution in [0.15, 0.2) is 24.3 Å². The number of aliphatic hydroxyl groups is 1. The van der Waals surface area contributed by atoms with Gasteiger partial charge in [-0.05, 0) is 24.3 Å². The van der Waals surface area contributed by atoms with Crippen LogP contribution in [0.3, 0.4) is 0 Å². The van der Waals surface area contributed by atoms with Gasteiger partial charge in [-0.3, -0.25) is 4.79 Å². The van der Waals surface area contributed by atoms with Crippen LogP contribution >= 0.6 is 0 Å². The van der Waals surface area contributed by atoms with E-state index in [1.807, 2.05) is 31.2 Å². The van der Waals surface area contributed by atoms with Crippen molar-refractivity contribution < 1.29 is 9.90 Å². The molecule has 0 fully saturated rings. The highest BCUT2D eigenvalue weighted by molar-refractivity contribution is 5.78. The molecule has 0 radical (unpaired) electrons. The summed E-state index contributed by atoms with van der Waals surface area (Å²) >= 11 is 0. The lowest BCUT2D eigenvalue weighted by atomic mass is 9.85. The van der Waals surface area contributed by atoms with E-state index in [1.165, 1.54) is 5.56 Å². The molecule has 0 saturated carbocycles. The molecule has 0 heterocycles. The third-order valence-electron chi connectivity index (χ3n) is 3.28. The van der Waals surface area contributed by atoms with E-state index < -0.39 is 0 Å². The summed E-state index contributed by atoms with van der Waals surface area (Å²) in [4.78, 5) is 12.0. The normalized spacial score (nSPS) is 13.1. The van der Waals surface area contributed by atoms with E-state index in [2.05, 4.69) is 26.1 Å². The Morgan fingerprint density at radius 1 is 1.26 bits per heavy atom. The molecule has 1 aromatic rings. The van der Waals surface area contributed by atoms with Crippen LogP contribution in [0.25, 0.3) is 0 Å². The largest absolute Gasteiger partial charge is 0.396 e. The van der Waals surface area contributed by atoms with Gasteiger partial charge in [0.05, 0.1) is 6.42 Å². The Morgan fingerprint density at radius 2 is 1.84 bits per heavy atom. The summed E-state index contributed by atoms with van der Waals surface area (Å²) in [6.07, 6.45) is 0.974. The van der Waals surface area contributed by atoms with Crippen molar-refractivity contribution >= 4 is 5.91 Å². The number of aliphatic hydroxyl groups excluding tert-OH is 1. The highest BCUT2D eigenvalue weighted by Crippen LogP contribution is 2.21. The van der Waals surface area contributed by atoms with E-state index in [4.69, 9.17) is 5.11 Å². The Hall–Kier alpha value is -1.35. The van der Waals surface area contributed by atoms with E-state index in [0.717, 1.165) is 5.56 Å². The monoisotopic (exact) mass is 263 g/mol. The fourth-order valence-corrected chi connectivity index (χ4v) is 1.99. The third kappa shape index (κ3) is 5.43. The third-order valence-corrected chi connectivity index (χ3v) is 3.28. The molecule has 1 atom stereocenters. The van der Waals surface area contributed by atoms with Crippen molar-refractivity contribution in [3.8, 4) is 0 Å². The average molecular weight is 263 g/mol. The van der Waals surface area contributed by atoms with Crippen LogP contribution in [0.2, 0.25) is 0 Å². The van der Waals surface area contributed by atoms with Gasteiger partial charge in [0.15, 0.2) is 0 Å². The molecule has 19 heavy (non-hydrogen) atoms. The number of amides is 1. The molecule has 0 saturated heterocycles. The van der Waals surface area contributed by atoms with Crippen molar-refractivity contribution in [2.75, 3.05) is 6.61 Å². The summed E-state index contributed by atoms with van der Waals surface area (Å²) < 4.78 is 0. The Morgan fingerprint density at radius 3 is 2.32 bits per heavy atom. The number of nitrogens with one attached hydrogen (secondary N) is 1. The van der Waals surface area contributed by atoms with E-state index in [1.54, 1.807) is 0 Å². The zero-order valence-corrected chi connectivity index (χ0v) is 12.4. The Kier molecular flexibility index (Phi) is 5.55. The minimum absolute atomic E-state index is 0.00421. The van der Waals surface area contributed by atoms with Gasteiger partial charge in [0.1, 0.15) is 0 Å². The molecule has 106 valence electrons. The molecular weight excluding hydrogens is 238 g/mol. The van der Waals surface area contributed by atoms with Crippen LogP contribution in [0, 0.1) is 12.3 Å². The number of hydrogen-bond donors (Lipinski definition) is 2. The van der Waals surface area contributed by atoms with Crippen LogP contribution < -0.4 is 5.32 Å². The molecule has 1 rings (SSSR count). The van der Waals surface area contributed by atoms with Crippen LogP contribution in [0.5, 0.6) is 0 Å². The topological polar surface area (TPSA) is 49.3 Å². The number of benzene rings is 1. The maximum absolute atomic E-state index is 12.0. The second-order valence-electron chi connectivity index (χ2n) is 6.16. The molecule has 0 aliphatic carbocycles. The molecule has 1 amide bonds. The lowest BCUT2D eigenvalue weighted by Gasteiger charge is -2.31. The number of hydrogen-bond acceptors (Lipinski definition) is 2.